The first-order chi connectivity index (χ1) is 12.9. The van der Waals surface area contributed by atoms with E-state index in [1.54, 1.807) is 55.6 Å². The second kappa shape index (κ2) is 9.38. The minimum atomic E-state index is -0.840. The summed E-state index contributed by atoms with van der Waals surface area (Å²) in [5, 5.41) is 7.79. The lowest BCUT2D eigenvalue weighted by Gasteiger charge is -2.13. The largest absolute Gasteiger partial charge is 0.497 e. The number of benzene rings is 2. The van der Waals surface area contributed by atoms with Crippen molar-refractivity contribution in [1.29, 1.82) is 0 Å². The van der Waals surface area contributed by atoms with Gasteiger partial charge in [-0.05, 0) is 43.7 Å². The molecular weight excluding hydrogens is 346 g/mol. The number of amides is 3. The van der Waals surface area contributed by atoms with E-state index in [9.17, 15) is 14.4 Å². The lowest BCUT2D eigenvalue weighted by Crippen LogP contribution is -2.36. The molecule has 142 valence electrons. The summed E-state index contributed by atoms with van der Waals surface area (Å²) < 4.78 is 5.07. The molecule has 0 saturated carbocycles. The number of anilines is 1. The highest BCUT2D eigenvalue weighted by Gasteiger charge is 2.18. The van der Waals surface area contributed by atoms with Crippen molar-refractivity contribution >= 4 is 23.4 Å². The third-order valence-electron chi connectivity index (χ3n) is 3.66. The molecule has 7 heteroatoms. The summed E-state index contributed by atoms with van der Waals surface area (Å²) >= 11 is 0. The van der Waals surface area contributed by atoms with Gasteiger partial charge in [0.15, 0.2) is 0 Å². The molecule has 2 rings (SSSR count). The predicted molar refractivity (Wildman–Crippen MR) is 103 cm³/mol. The molecule has 0 heterocycles. The number of methoxy groups -OCH3 is 1. The van der Waals surface area contributed by atoms with Crippen LogP contribution in [0.2, 0.25) is 0 Å². The molecular formula is C20H23N3O4. The van der Waals surface area contributed by atoms with Crippen LogP contribution in [-0.4, -0.2) is 30.9 Å². The predicted octanol–water partition coefficient (Wildman–Crippen LogP) is 2.09. The van der Waals surface area contributed by atoms with Crippen LogP contribution >= 0.6 is 0 Å². The molecule has 0 spiro atoms. The number of nitrogens with one attached hydrogen (secondary N) is 3. The van der Waals surface area contributed by atoms with Gasteiger partial charge in [0.25, 0.3) is 5.91 Å². The number of ether oxygens (including phenoxy) is 1. The Labute approximate surface area is 158 Å². The second-order valence-electron chi connectivity index (χ2n) is 6.16. The molecule has 0 saturated heterocycles. The van der Waals surface area contributed by atoms with Gasteiger partial charge in [-0.2, -0.15) is 0 Å². The van der Waals surface area contributed by atoms with Gasteiger partial charge < -0.3 is 20.7 Å². The third kappa shape index (κ3) is 5.85. The Hall–Kier alpha value is -3.35. The number of rotatable bonds is 6. The summed E-state index contributed by atoms with van der Waals surface area (Å²) in [7, 11) is 1.57. The van der Waals surface area contributed by atoms with E-state index in [4.69, 9.17) is 4.74 Å². The van der Waals surface area contributed by atoms with Crippen molar-refractivity contribution < 1.29 is 19.1 Å². The average molecular weight is 369 g/mol. The normalized spacial score (nSPS) is 10.2. The number of hydrogen-bond donors (Lipinski definition) is 3. The van der Waals surface area contributed by atoms with Gasteiger partial charge in [-0.3, -0.25) is 14.4 Å². The standard InChI is InChI=1S/C20H23N3O4/c1-13(2)22-18(24)16-6-4-5-7-17(16)23-20(26)19(25)21-12-14-8-10-15(27-3)11-9-14/h4-11,13H,12H2,1-3H3,(H,21,25)(H,22,24)(H,23,26). The molecule has 3 amide bonds. The van der Waals surface area contributed by atoms with Gasteiger partial charge in [0.2, 0.25) is 0 Å². The van der Waals surface area contributed by atoms with Gasteiger partial charge in [-0.15, -0.1) is 0 Å². The maximum Gasteiger partial charge on any atom is 0.313 e. The number of carbonyl (C=O) groups is 3. The Morgan fingerprint density at radius 1 is 0.963 bits per heavy atom. The topological polar surface area (TPSA) is 96.5 Å². The van der Waals surface area contributed by atoms with Gasteiger partial charge in [-0.1, -0.05) is 24.3 Å². The second-order valence-corrected chi connectivity index (χ2v) is 6.16. The van der Waals surface area contributed by atoms with Gasteiger partial charge in [-0.25, -0.2) is 0 Å². The van der Waals surface area contributed by atoms with Gasteiger partial charge >= 0.3 is 11.8 Å². The summed E-state index contributed by atoms with van der Waals surface area (Å²) in [6.45, 7) is 3.88. The number of hydrogen-bond acceptors (Lipinski definition) is 4. The minimum absolute atomic E-state index is 0.0472. The molecule has 2 aromatic carbocycles. The van der Waals surface area contributed by atoms with Crippen LogP contribution in [0, 0.1) is 0 Å². The van der Waals surface area contributed by atoms with E-state index in [0.717, 1.165) is 5.56 Å². The van der Waals surface area contributed by atoms with Crippen molar-refractivity contribution in [2.45, 2.75) is 26.4 Å². The molecule has 0 unspecified atom stereocenters. The molecule has 3 N–H and O–H groups in total. The quantitative estimate of drug-likeness (QED) is 0.679. The fraction of sp³-hybridized carbons (Fsp3) is 0.250. The molecule has 0 bridgehead atoms. The zero-order valence-electron chi connectivity index (χ0n) is 15.5. The zero-order chi connectivity index (χ0) is 19.8. The van der Waals surface area contributed by atoms with E-state index in [-0.39, 0.29) is 24.2 Å². The van der Waals surface area contributed by atoms with Crippen LogP contribution in [-0.2, 0) is 16.1 Å². The van der Waals surface area contributed by atoms with Crippen LogP contribution in [0.5, 0.6) is 5.75 Å². The van der Waals surface area contributed by atoms with Crippen LogP contribution < -0.4 is 20.7 Å². The van der Waals surface area contributed by atoms with Crippen LogP contribution in [0.1, 0.15) is 29.8 Å². The lowest BCUT2D eigenvalue weighted by atomic mass is 10.1. The number of para-hydroxylation sites is 1. The van der Waals surface area contributed by atoms with E-state index >= 15 is 0 Å². The lowest BCUT2D eigenvalue weighted by molar-refractivity contribution is -0.136. The van der Waals surface area contributed by atoms with E-state index in [2.05, 4.69) is 16.0 Å². The molecule has 0 atom stereocenters. The Bertz CT molecular complexity index is 816. The molecule has 2 aromatic rings. The van der Waals surface area contributed by atoms with Gasteiger partial charge in [0.05, 0.1) is 18.4 Å². The van der Waals surface area contributed by atoms with Crippen molar-refractivity contribution in [2.75, 3.05) is 12.4 Å². The SMILES string of the molecule is COc1ccc(CNC(=O)C(=O)Nc2ccccc2C(=O)NC(C)C)cc1. The summed E-state index contributed by atoms with van der Waals surface area (Å²) in [6.07, 6.45) is 0. The molecule has 27 heavy (non-hydrogen) atoms. The first kappa shape index (κ1) is 20.0. The Balaban J connectivity index is 1.97. The molecule has 0 aliphatic carbocycles. The summed E-state index contributed by atoms with van der Waals surface area (Å²) in [5.74, 6) is -1.24. The maximum atomic E-state index is 12.2. The Morgan fingerprint density at radius 3 is 2.26 bits per heavy atom. The monoisotopic (exact) mass is 369 g/mol. The smallest absolute Gasteiger partial charge is 0.313 e. The molecule has 0 radical (unpaired) electrons. The minimum Gasteiger partial charge on any atom is -0.497 e. The molecule has 7 nitrogen and oxygen atoms in total. The first-order valence-corrected chi connectivity index (χ1v) is 8.52. The highest BCUT2D eigenvalue weighted by Crippen LogP contribution is 2.15. The third-order valence-corrected chi connectivity index (χ3v) is 3.66. The van der Waals surface area contributed by atoms with Crippen LogP contribution in [0.4, 0.5) is 5.69 Å². The summed E-state index contributed by atoms with van der Waals surface area (Å²) in [4.78, 5) is 36.4. The van der Waals surface area contributed by atoms with Crippen LogP contribution in [0.3, 0.4) is 0 Å². The van der Waals surface area contributed by atoms with Crippen molar-refractivity contribution in [3.05, 3.63) is 59.7 Å². The van der Waals surface area contributed by atoms with Crippen molar-refractivity contribution in [1.82, 2.24) is 10.6 Å². The molecule has 0 aromatic heterocycles. The van der Waals surface area contributed by atoms with E-state index < -0.39 is 11.8 Å². The molecule has 0 fully saturated rings. The fourth-order valence-corrected chi connectivity index (χ4v) is 2.32. The summed E-state index contributed by atoms with van der Waals surface area (Å²) in [6, 6.07) is 13.6. The van der Waals surface area contributed by atoms with Gasteiger partial charge in [0, 0.05) is 12.6 Å². The molecule has 0 aliphatic heterocycles. The van der Waals surface area contributed by atoms with Crippen molar-refractivity contribution in [2.24, 2.45) is 0 Å². The van der Waals surface area contributed by atoms with Crippen LogP contribution in [0.25, 0.3) is 0 Å². The van der Waals surface area contributed by atoms with E-state index in [1.165, 1.54) is 0 Å². The Morgan fingerprint density at radius 2 is 1.63 bits per heavy atom. The number of carbonyl (C=O) groups excluding carboxylic acids is 3. The highest BCUT2D eigenvalue weighted by molar-refractivity contribution is 6.40. The fourth-order valence-electron chi connectivity index (χ4n) is 2.32. The van der Waals surface area contributed by atoms with E-state index in [1.807, 2.05) is 13.8 Å². The molecule has 0 aliphatic rings. The highest BCUT2D eigenvalue weighted by atomic mass is 16.5. The van der Waals surface area contributed by atoms with Crippen molar-refractivity contribution in [3.8, 4) is 5.75 Å². The first-order valence-electron chi connectivity index (χ1n) is 8.52. The maximum absolute atomic E-state index is 12.2. The average Bonchev–Trinajstić information content (AvgIpc) is 2.66. The van der Waals surface area contributed by atoms with Crippen LogP contribution in [0.15, 0.2) is 48.5 Å². The van der Waals surface area contributed by atoms with Crippen molar-refractivity contribution in [3.63, 3.8) is 0 Å². The zero-order valence-corrected chi connectivity index (χ0v) is 15.5. The summed E-state index contributed by atoms with van der Waals surface area (Å²) in [5.41, 5.74) is 1.40. The van der Waals surface area contributed by atoms with Gasteiger partial charge in [0.1, 0.15) is 5.75 Å². The van der Waals surface area contributed by atoms with E-state index in [0.29, 0.717) is 11.3 Å². The Kier molecular flexibility index (Phi) is 6.93.